The molecule has 0 atom stereocenters. The molecule has 0 bridgehead atoms. The van der Waals surface area contributed by atoms with Crippen LogP contribution < -0.4 is 20.0 Å². The fraction of sp³-hybridized carbons (Fsp3) is 0.500. The van der Waals surface area contributed by atoms with Crippen molar-refractivity contribution in [2.24, 2.45) is 5.10 Å². The van der Waals surface area contributed by atoms with Crippen LogP contribution in [0.4, 0.5) is 14.5 Å². The van der Waals surface area contributed by atoms with Gasteiger partial charge in [0, 0.05) is 17.7 Å². The number of hydrogen-bond acceptors (Lipinski definition) is 5. The van der Waals surface area contributed by atoms with E-state index in [9.17, 15) is 23.7 Å². The number of carbonyl (C=O) groups excluding carboxylic acids is 1. The molecule has 9 nitrogen and oxygen atoms in total. The van der Waals surface area contributed by atoms with E-state index in [-0.39, 0.29) is 29.3 Å². The number of hydrazone groups is 1. The molecule has 0 radical (unpaired) electrons. The second-order valence-electron chi connectivity index (χ2n) is 6.36. The maximum atomic E-state index is 12.4. The number of halogens is 2. The van der Waals surface area contributed by atoms with E-state index in [1.165, 1.54) is 9.80 Å². The topological polar surface area (TPSA) is 103 Å². The number of hydrogen-bond donors (Lipinski definition) is 3. The molecule has 0 spiro atoms. The highest BCUT2D eigenvalue weighted by Gasteiger charge is 2.20. The third kappa shape index (κ3) is 6.87. The van der Waals surface area contributed by atoms with Gasteiger partial charge >= 0.3 is 6.61 Å². The minimum absolute atomic E-state index is 0.0301. The Balaban J connectivity index is 1.90. The summed E-state index contributed by atoms with van der Waals surface area (Å²) in [6.45, 7) is 1.74. The number of piperazine rings is 1. The van der Waals surface area contributed by atoms with Gasteiger partial charge in [0.1, 0.15) is 31.9 Å². The van der Waals surface area contributed by atoms with Crippen molar-refractivity contribution in [1.82, 2.24) is 5.43 Å². The Bertz CT molecular complexity index is 693. The molecule has 1 aromatic rings. The molecule has 1 heterocycles. The fourth-order valence-corrected chi connectivity index (χ4v) is 2.75. The zero-order chi connectivity index (χ0) is 19.8. The summed E-state index contributed by atoms with van der Waals surface area (Å²) in [4.78, 5) is 24.9. The Kier molecular flexibility index (Phi) is 7.55. The summed E-state index contributed by atoms with van der Waals surface area (Å²) >= 11 is 0. The number of quaternary nitrogens is 2. The molecule has 1 aromatic carbocycles. The van der Waals surface area contributed by atoms with E-state index in [4.69, 9.17) is 0 Å². The molecule has 1 aliphatic heterocycles. The van der Waals surface area contributed by atoms with Crippen LogP contribution in [0.2, 0.25) is 0 Å². The predicted molar refractivity (Wildman–Crippen MR) is 92.3 cm³/mol. The third-order valence-corrected chi connectivity index (χ3v) is 4.33. The lowest BCUT2D eigenvalue weighted by atomic mass is 10.2. The van der Waals surface area contributed by atoms with Crippen LogP contribution in [0.1, 0.15) is 12.0 Å². The van der Waals surface area contributed by atoms with Crippen molar-refractivity contribution in [3.8, 4) is 5.75 Å². The normalized spacial score (nSPS) is 20.0. The lowest BCUT2D eigenvalue weighted by Gasteiger charge is -2.26. The second-order valence-corrected chi connectivity index (χ2v) is 6.36. The minimum atomic E-state index is -3.08. The summed E-state index contributed by atoms with van der Waals surface area (Å²) in [5.74, 6) is -0.579. The van der Waals surface area contributed by atoms with Gasteiger partial charge in [-0.05, 0) is 6.07 Å². The number of likely N-dealkylation sites (N-methyl/N-ethyl adjacent to an activating group) is 1. The van der Waals surface area contributed by atoms with E-state index < -0.39 is 11.5 Å². The first kappa shape index (κ1) is 20.6. The van der Waals surface area contributed by atoms with E-state index in [1.807, 2.05) is 0 Å². The molecular weight excluding hydrogens is 364 g/mol. The highest BCUT2D eigenvalue weighted by atomic mass is 19.3. The SMILES string of the molecule is C[NH+]1CC[NH+](CCC(=O)N/N=C\c2cc([N+](=O)[O-])ccc2OC(F)F)CC1. The Labute approximate surface area is 154 Å². The van der Waals surface area contributed by atoms with Crippen LogP contribution in [0, 0.1) is 10.1 Å². The minimum Gasteiger partial charge on any atom is -0.434 e. The van der Waals surface area contributed by atoms with Crippen molar-refractivity contribution >= 4 is 17.8 Å². The van der Waals surface area contributed by atoms with Gasteiger partial charge in [-0.25, -0.2) is 5.43 Å². The van der Waals surface area contributed by atoms with Gasteiger partial charge in [0.15, 0.2) is 0 Å². The molecule has 0 unspecified atom stereocenters. The molecule has 27 heavy (non-hydrogen) atoms. The van der Waals surface area contributed by atoms with Crippen LogP contribution in [-0.2, 0) is 4.79 Å². The van der Waals surface area contributed by atoms with Crippen molar-refractivity contribution in [3.05, 3.63) is 33.9 Å². The molecule has 0 saturated carbocycles. The molecular formula is C16H23F2N5O4+2. The zero-order valence-electron chi connectivity index (χ0n) is 14.9. The van der Waals surface area contributed by atoms with Gasteiger partial charge in [0.2, 0.25) is 5.91 Å². The number of ether oxygens (including phenoxy) is 1. The number of rotatable bonds is 8. The van der Waals surface area contributed by atoms with E-state index >= 15 is 0 Å². The molecule has 3 N–H and O–H groups in total. The second kappa shape index (κ2) is 9.88. The first-order valence-corrected chi connectivity index (χ1v) is 8.55. The summed E-state index contributed by atoms with van der Waals surface area (Å²) in [6, 6.07) is 3.16. The van der Waals surface area contributed by atoms with Crippen LogP contribution in [0.3, 0.4) is 0 Å². The Morgan fingerprint density at radius 1 is 1.41 bits per heavy atom. The summed E-state index contributed by atoms with van der Waals surface area (Å²) in [5.41, 5.74) is 1.98. The molecule has 1 amide bonds. The molecule has 2 rings (SSSR count). The van der Waals surface area contributed by atoms with Crippen LogP contribution in [0.25, 0.3) is 0 Å². The molecule has 1 aliphatic rings. The van der Waals surface area contributed by atoms with E-state index in [0.29, 0.717) is 6.54 Å². The van der Waals surface area contributed by atoms with Gasteiger partial charge in [0.05, 0.1) is 31.2 Å². The highest BCUT2D eigenvalue weighted by molar-refractivity contribution is 5.86. The number of benzene rings is 1. The smallest absolute Gasteiger partial charge is 0.387 e. The van der Waals surface area contributed by atoms with Crippen LogP contribution >= 0.6 is 0 Å². The van der Waals surface area contributed by atoms with Crippen molar-refractivity contribution < 1.29 is 33.0 Å². The Hall–Kier alpha value is -2.66. The maximum absolute atomic E-state index is 12.4. The number of nitro groups is 1. The molecule has 148 valence electrons. The lowest BCUT2D eigenvalue weighted by Crippen LogP contribution is -3.27. The van der Waals surface area contributed by atoms with E-state index in [2.05, 4.69) is 22.3 Å². The summed E-state index contributed by atoms with van der Waals surface area (Å²) in [7, 11) is 2.14. The van der Waals surface area contributed by atoms with Gasteiger partial charge in [-0.2, -0.15) is 13.9 Å². The number of nitro benzene ring substituents is 1. The average Bonchev–Trinajstić information content (AvgIpc) is 2.62. The highest BCUT2D eigenvalue weighted by Crippen LogP contribution is 2.24. The van der Waals surface area contributed by atoms with Gasteiger partial charge in [-0.15, -0.1) is 0 Å². The van der Waals surface area contributed by atoms with Gasteiger partial charge in [-0.3, -0.25) is 14.9 Å². The molecule has 1 saturated heterocycles. The maximum Gasteiger partial charge on any atom is 0.387 e. The van der Waals surface area contributed by atoms with Gasteiger partial charge in [-0.1, -0.05) is 0 Å². The standard InChI is InChI=1S/C16H21F2N5O4/c1-21-6-8-22(9-7-21)5-4-15(24)20-19-11-12-10-13(23(25)26)2-3-14(12)27-16(17)18/h2-3,10-11,16H,4-9H2,1H3,(H,20,24)/p+2/b19-11-. The quantitative estimate of drug-likeness (QED) is 0.286. The first-order valence-electron chi connectivity index (χ1n) is 8.55. The molecule has 1 fully saturated rings. The van der Waals surface area contributed by atoms with Gasteiger partial charge in [0.25, 0.3) is 5.69 Å². The first-order chi connectivity index (χ1) is 12.8. The molecule has 0 aromatic heterocycles. The largest absolute Gasteiger partial charge is 0.434 e. The number of amides is 1. The molecule has 0 aliphatic carbocycles. The lowest BCUT2D eigenvalue weighted by molar-refractivity contribution is -1.00. The van der Waals surface area contributed by atoms with Crippen LogP contribution in [0.5, 0.6) is 5.75 Å². The third-order valence-electron chi connectivity index (χ3n) is 4.33. The fourth-order valence-electron chi connectivity index (χ4n) is 2.75. The van der Waals surface area contributed by atoms with Crippen molar-refractivity contribution in [2.45, 2.75) is 13.0 Å². The van der Waals surface area contributed by atoms with Crippen LogP contribution in [-0.4, -0.2) is 63.4 Å². The number of alkyl halides is 2. The molecule has 11 heteroatoms. The van der Waals surface area contributed by atoms with Crippen LogP contribution in [0.15, 0.2) is 23.3 Å². The summed E-state index contributed by atoms with van der Waals surface area (Å²) in [6.07, 6.45) is 1.33. The average molecular weight is 387 g/mol. The summed E-state index contributed by atoms with van der Waals surface area (Å²) < 4.78 is 29.2. The van der Waals surface area contributed by atoms with Crippen molar-refractivity contribution in [2.75, 3.05) is 39.8 Å². The number of nitrogens with zero attached hydrogens (tertiary/aromatic N) is 2. The monoisotopic (exact) mass is 387 g/mol. The number of carbonyl (C=O) groups is 1. The number of non-ortho nitro benzene ring substituents is 1. The van der Waals surface area contributed by atoms with Crippen molar-refractivity contribution in [1.29, 1.82) is 0 Å². The summed E-state index contributed by atoms with van der Waals surface area (Å²) in [5, 5.41) is 14.5. The Morgan fingerprint density at radius 3 is 2.74 bits per heavy atom. The zero-order valence-corrected chi connectivity index (χ0v) is 14.9. The predicted octanol–water partition coefficient (Wildman–Crippen LogP) is -1.55. The van der Waals surface area contributed by atoms with E-state index in [0.717, 1.165) is 50.6 Å². The number of nitrogens with one attached hydrogen (secondary N) is 3. The Morgan fingerprint density at radius 2 is 2.11 bits per heavy atom. The van der Waals surface area contributed by atoms with E-state index in [1.54, 1.807) is 0 Å². The van der Waals surface area contributed by atoms with Crippen molar-refractivity contribution in [3.63, 3.8) is 0 Å². The van der Waals surface area contributed by atoms with Gasteiger partial charge < -0.3 is 14.5 Å².